The zero-order valence-corrected chi connectivity index (χ0v) is 17.8. The molecule has 4 rings (SSSR count). The van der Waals surface area contributed by atoms with E-state index in [9.17, 15) is 23.3 Å². The molecular weight excluding hydrogens is 452 g/mol. The Kier molecular flexibility index (Phi) is 5.75. The van der Waals surface area contributed by atoms with E-state index in [0.29, 0.717) is 16.1 Å². The molecule has 0 aliphatic heterocycles. The van der Waals surface area contributed by atoms with E-state index in [1.807, 2.05) is 30.3 Å². The molecule has 2 aromatic heterocycles. The van der Waals surface area contributed by atoms with Gasteiger partial charge in [0.05, 0.1) is 20.4 Å². The molecule has 0 amide bonds. The number of para-hydroxylation sites is 1. The highest BCUT2D eigenvalue weighted by Gasteiger charge is 2.30. The number of nitrogens with zero attached hydrogens (tertiary/aromatic N) is 3. The Morgan fingerprint density at radius 2 is 1.72 bits per heavy atom. The molecule has 1 N–H and O–H groups in total. The minimum Gasteiger partial charge on any atom is -0.355 e. The fourth-order valence-corrected chi connectivity index (χ4v) is 5.06. The summed E-state index contributed by atoms with van der Waals surface area (Å²) in [7, 11) is -4.41. The van der Waals surface area contributed by atoms with Gasteiger partial charge >= 0.3 is 5.12 Å². The van der Waals surface area contributed by atoms with Crippen LogP contribution in [-0.4, -0.2) is 28.4 Å². The van der Waals surface area contributed by atoms with Crippen LogP contribution in [0.3, 0.4) is 0 Å². The van der Waals surface area contributed by atoms with Crippen molar-refractivity contribution in [3.8, 4) is 10.4 Å². The Hall–Kier alpha value is -3.96. The van der Waals surface area contributed by atoms with Crippen LogP contribution in [0.4, 0.5) is 17.1 Å². The molecule has 0 radical (unpaired) electrons. The molecule has 0 bridgehead atoms. The van der Waals surface area contributed by atoms with Gasteiger partial charge in [0.25, 0.3) is 5.69 Å². The predicted octanol–water partition coefficient (Wildman–Crippen LogP) is 4.47. The maximum Gasteiger partial charge on any atom is 0.309 e. The standard InChI is InChI=1S/C21H14N4O5S2/c26-21(32(29,30)16-8-6-15(7-9-16)25(27)28)20-23-13-19(31-20)17-12-22-11-10-18(17)24-14-4-2-1-3-5-14/h1-13H,(H,22,24). The lowest BCUT2D eigenvalue weighted by Gasteiger charge is -2.10. The van der Waals surface area contributed by atoms with Gasteiger partial charge in [0.2, 0.25) is 9.84 Å². The van der Waals surface area contributed by atoms with E-state index >= 15 is 0 Å². The minimum absolute atomic E-state index is 0.215. The van der Waals surface area contributed by atoms with Crippen molar-refractivity contribution in [2.75, 3.05) is 5.32 Å². The number of sulfone groups is 1. The Morgan fingerprint density at radius 3 is 2.41 bits per heavy atom. The molecule has 2 aromatic carbocycles. The second kappa shape index (κ2) is 8.65. The zero-order chi connectivity index (χ0) is 22.7. The van der Waals surface area contributed by atoms with E-state index in [0.717, 1.165) is 41.3 Å². The number of non-ortho nitro benzene ring substituents is 1. The normalized spacial score (nSPS) is 11.1. The average molecular weight is 467 g/mol. The molecular formula is C21H14N4O5S2. The van der Waals surface area contributed by atoms with Crippen LogP contribution in [0, 0.1) is 10.1 Å². The second-order valence-electron chi connectivity index (χ2n) is 6.48. The number of hydrogen-bond donors (Lipinski definition) is 1. The number of pyridine rings is 1. The lowest BCUT2D eigenvalue weighted by Crippen LogP contribution is -2.15. The summed E-state index contributed by atoms with van der Waals surface area (Å²) in [6.45, 7) is 0. The molecule has 0 spiro atoms. The lowest BCUT2D eigenvalue weighted by molar-refractivity contribution is -0.384. The van der Waals surface area contributed by atoms with Gasteiger partial charge in [-0.25, -0.2) is 13.4 Å². The summed E-state index contributed by atoms with van der Waals surface area (Å²) in [6.07, 6.45) is 4.62. The molecule has 2 heterocycles. The number of anilines is 2. The number of nitro groups is 1. The summed E-state index contributed by atoms with van der Waals surface area (Å²) in [4.78, 5) is 31.2. The van der Waals surface area contributed by atoms with Crippen molar-refractivity contribution in [2.45, 2.75) is 4.90 Å². The molecule has 0 saturated heterocycles. The monoisotopic (exact) mass is 466 g/mol. The molecule has 32 heavy (non-hydrogen) atoms. The van der Waals surface area contributed by atoms with Crippen molar-refractivity contribution in [3.63, 3.8) is 0 Å². The van der Waals surface area contributed by atoms with Crippen LogP contribution in [0.2, 0.25) is 0 Å². The van der Waals surface area contributed by atoms with Gasteiger partial charge < -0.3 is 5.32 Å². The number of rotatable bonds is 6. The first-order valence-electron chi connectivity index (χ1n) is 9.12. The van der Waals surface area contributed by atoms with Gasteiger partial charge in [0, 0.05) is 42.0 Å². The maximum atomic E-state index is 12.7. The van der Waals surface area contributed by atoms with E-state index in [4.69, 9.17) is 0 Å². The van der Waals surface area contributed by atoms with Crippen LogP contribution in [0.1, 0.15) is 9.80 Å². The van der Waals surface area contributed by atoms with Crippen LogP contribution in [-0.2, 0) is 9.84 Å². The number of carbonyl (C=O) groups is 1. The van der Waals surface area contributed by atoms with E-state index in [1.54, 1.807) is 18.5 Å². The maximum absolute atomic E-state index is 12.7. The summed E-state index contributed by atoms with van der Waals surface area (Å²) in [5.41, 5.74) is 1.94. The first kappa shape index (κ1) is 21.3. The van der Waals surface area contributed by atoms with Crippen LogP contribution >= 0.6 is 11.3 Å². The molecule has 9 nitrogen and oxygen atoms in total. The molecule has 11 heteroatoms. The van der Waals surface area contributed by atoms with Gasteiger partial charge in [0.15, 0.2) is 5.01 Å². The highest BCUT2D eigenvalue weighted by Crippen LogP contribution is 2.34. The number of nitro benzene ring substituents is 1. The molecule has 0 atom stereocenters. The molecule has 0 aliphatic rings. The van der Waals surface area contributed by atoms with Crippen molar-refractivity contribution in [3.05, 3.63) is 94.4 Å². The van der Waals surface area contributed by atoms with Crippen molar-refractivity contribution in [1.82, 2.24) is 9.97 Å². The molecule has 4 aromatic rings. The van der Waals surface area contributed by atoms with Crippen molar-refractivity contribution >= 4 is 43.4 Å². The lowest BCUT2D eigenvalue weighted by atomic mass is 10.2. The highest BCUT2D eigenvalue weighted by molar-refractivity contribution is 8.07. The predicted molar refractivity (Wildman–Crippen MR) is 120 cm³/mol. The van der Waals surface area contributed by atoms with E-state index in [2.05, 4.69) is 15.3 Å². The van der Waals surface area contributed by atoms with E-state index < -0.39 is 19.9 Å². The molecule has 0 fully saturated rings. The molecule has 160 valence electrons. The number of thiazole rings is 1. The first-order valence-corrected chi connectivity index (χ1v) is 11.4. The molecule has 0 saturated carbocycles. The Morgan fingerprint density at radius 1 is 1.00 bits per heavy atom. The molecule has 0 unspecified atom stereocenters. The van der Waals surface area contributed by atoms with Gasteiger partial charge in [-0.05, 0) is 30.3 Å². The van der Waals surface area contributed by atoms with Crippen molar-refractivity contribution in [1.29, 1.82) is 0 Å². The number of benzene rings is 2. The van der Waals surface area contributed by atoms with Gasteiger partial charge in [0.1, 0.15) is 0 Å². The zero-order valence-electron chi connectivity index (χ0n) is 16.2. The Bertz CT molecular complexity index is 1400. The largest absolute Gasteiger partial charge is 0.355 e. The second-order valence-corrected chi connectivity index (χ2v) is 9.36. The Labute approximate surface area is 186 Å². The third-order valence-corrected chi connectivity index (χ3v) is 7.15. The summed E-state index contributed by atoms with van der Waals surface area (Å²) in [6, 6.07) is 15.3. The Balaban J connectivity index is 1.63. The molecule has 0 aliphatic carbocycles. The minimum atomic E-state index is -4.41. The van der Waals surface area contributed by atoms with Crippen molar-refractivity contribution in [2.24, 2.45) is 0 Å². The first-order chi connectivity index (χ1) is 15.4. The van der Waals surface area contributed by atoms with E-state index in [-0.39, 0.29) is 15.6 Å². The summed E-state index contributed by atoms with van der Waals surface area (Å²) in [5, 5.41) is 12.6. The number of hydrogen-bond acceptors (Lipinski definition) is 9. The number of carbonyl (C=O) groups excluding carboxylic acids is 1. The van der Waals surface area contributed by atoms with Gasteiger partial charge in [-0.2, -0.15) is 0 Å². The topological polar surface area (TPSA) is 132 Å². The number of aromatic nitrogens is 2. The fraction of sp³-hybridized carbons (Fsp3) is 0. The van der Waals surface area contributed by atoms with Crippen LogP contribution in [0.25, 0.3) is 10.4 Å². The van der Waals surface area contributed by atoms with Gasteiger partial charge in [-0.3, -0.25) is 19.9 Å². The van der Waals surface area contributed by atoms with E-state index in [1.165, 1.54) is 6.20 Å². The summed E-state index contributed by atoms with van der Waals surface area (Å²) < 4.78 is 25.4. The average Bonchev–Trinajstić information content (AvgIpc) is 3.29. The fourth-order valence-electron chi connectivity index (χ4n) is 2.84. The van der Waals surface area contributed by atoms with Gasteiger partial charge in [-0.15, -0.1) is 11.3 Å². The summed E-state index contributed by atoms with van der Waals surface area (Å²) >= 11 is 0.920. The summed E-state index contributed by atoms with van der Waals surface area (Å²) in [5.74, 6) is 0. The smallest absolute Gasteiger partial charge is 0.309 e. The third kappa shape index (κ3) is 4.24. The van der Waals surface area contributed by atoms with Crippen LogP contribution < -0.4 is 5.32 Å². The SMILES string of the molecule is O=C(c1ncc(-c2cnccc2Nc2ccccc2)s1)S(=O)(=O)c1ccc([N+](=O)[O-])cc1. The van der Waals surface area contributed by atoms with Crippen LogP contribution in [0.5, 0.6) is 0 Å². The highest BCUT2D eigenvalue weighted by atomic mass is 32.2. The quantitative estimate of drug-likeness (QED) is 0.325. The van der Waals surface area contributed by atoms with Crippen LogP contribution in [0.15, 0.2) is 84.1 Å². The van der Waals surface area contributed by atoms with Crippen molar-refractivity contribution < 1.29 is 18.1 Å². The van der Waals surface area contributed by atoms with Gasteiger partial charge in [-0.1, -0.05) is 18.2 Å². The third-order valence-electron chi connectivity index (χ3n) is 4.42. The number of nitrogens with one attached hydrogen (secondary N) is 1.